The molecule has 0 radical (unpaired) electrons. The second-order valence-corrected chi connectivity index (χ2v) is 3.26. The summed E-state index contributed by atoms with van der Waals surface area (Å²) in [4.78, 5) is 0. The molecular weight excluding hydrogens is 180 g/mol. The van der Waals surface area contributed by atoms with Crippen LogP contribution < -0.4 is 4.74 Å². The highest BCUT2D eigenvalue weighted by molar-refractivity contribution is 5.38. The summed E-state index contributed by atoms with van der Waals surface area (Å²) in [5.74, 6) is 0.219. The molecule has 2 rings (SSSR count). The fraction of sp³-hybridized carbons (Fsp3) is 0.455. The van der Waals surface area contributed by atoms with Crippen LogP contribution in [0.4, 0.5) is 0 Å². The second kappa shape index (κ2) is 3.59. The molecule has 0 aliphatic carbocycles. The van der Waals surface area contributed by atoms with Crippen molar-refractivity contribution in [3.63, 3.8) is 0 Å². The van der Waals surface area contributed by atoms with Gasteiger partial charge in [0, 0.05) is 20.6 Å². The molecular formula is C11H14O3. The van der Waals surface area contributed by atoms with Gasteiger partial charge in [0.15, 0.2) is 0 Å². The molecule has 1 aromatic rings. The van der Waals surface area contributed by atoms with Crippen LogP contribution in [-0.2, 0) is 15.3 Å². The van der Waals surface area contributed by atoms with Crippen LogP contribution in [0.25, 0.3) is 0 Å². The van der Waals surface area contributed by atoms with Crippen molar-refractivity contribution in [3.05, 3.63) is 29.8 Å². The predicted molar refractivity (Wildman–Crippen MR) is 52.3 cm³/mol. The third kappa shape index (κ3) is 1.29. The van der Waals surface area contributed by atoms with Gasteiger partial charge < -0.3 is 14.2 Å². The minimum absolute atomic E-state index is 0.624. The molecule has 3 nitrogen and oxygen atoms in total. The van der Waals surface area contributed by atoms with Gasteiger partial charge >= 0.3 is 0 Å². The van der Waals surface area contributed by atoms with Gasteiger partial charge in [-0.15, -0.1) is 0 Å². The van der Waals surface area contributed by atoms with Gasteiger partial charge in [-0.2, -0.15) is 0 Å². The lowest BCUT2D eigenvalue weighted by atomic mass is 9.99. The molecule has 0 aromatic heterocycles. The maximum Gasteiger partial charge on any atom is 0.201 e. The van der Waals surface area contributed by atoms with Crippen molar-refractivity contribution in [2.45, 2.75) is 12.2 Å². The van der Waals surface area contributed by atoms with Gasteiger partial charge in [-0.3, -0.25) is 0 Å². The molecule has 0 bridgehead atoms. The molecule has 0 unspecified atom stereocenters. The van der Waals surface area contributed by atoms with E-state index in [0.717, 1.165) is 17.7 Å². The van der Waals surface area contributed by atoms with Crippen LogP contribution in [0.5, 0.6) is 5.75 Å². The van der Waals surface area contributed by atoms with E-state index in [4.69, 9.17) is 14.2 Å². The number of methoxy groups -OCH3 is 2. The van der Waals surface area contributed by atoms with Gasteiger partial charge in [0.05, 0.1) is 12.2 Å². The molecule has 0 saturated heterocycles. The summed E-state index contributed by atoms with van der Waals surface area (Å²) < 4.78 is 16.4. The Morgan fingerprint density at radius 1 is 1.21 bits per heavy atom. The number of para-hydroxylation sites is 1. The Labute approximate surface area is 83.6 Å². The maximum atomic E-state index is 5.52. The lowest BCUT2D eigenvalue weighted by Gasteiger charge is -2.35. The van der Waals surface area contributed by atoms with Gasteiger partial charge in [-0.05, 0) is 12.1 Å². The predicted octanol–water partition coefficient (Wildman–Crippen LogP) is 1.91. The number of ether oxygens (including phenoxy) is 3. The van der Waals surface area contributed by atoms with Gasteiger partial charge in [0.25, 0.3) is 0 Å². The fourth-order valence-electron chi connectivity index (χ4n) is 1.84. The first kappa shape index (κ1) is 9.49. The van der Waals surface area contributed by atoms with Crippen LogP contribution in [-0.4, -0.2) is 20.8 Å². The van der Waals surface area contributed by atoms with Crippen LogP contribution in [0.1, 0.15) is 12.0 Å². The molecule has 0 atom stereocenters. The average molecular weight is 194 g/mol. The lowest BCUT2D eigenvalue weighted by molar-refractivity contribution is -0.230. The van der Waals surface area contributed by atoms with Gasteiger partial charge in [0.1, 0.15) is 5.75 Å². The zero-order valence-corrected chi connectivity index (χ0v) is 8.45. The van der Waals surface area contributed by atoms with Crippen LogP contribution in [0, 0.1) is 0 Å². The molecule has 0 fully saturated rings. The number of hydrogen-bond acceptors (Lipinski definition) is 3. The standard InChI is InChI=1S/C11H14O3/c1-12-11(13-2)7-8-14-10-6-4-3-5-9(10)11/h3-6H,7-8H2,1-2H3. The Morgan fingerprint density at radius 2 is 1.93 bits per heavy atom. The summed E-state index contributed by atoms with van der Waals surface area (Å²) in [6.07, 6.45) is 0.719. The summed E-state index contributed by atoms with van der Waals surface area (Å²) in [6.45, 7) is 0.624. The summed E-state index contributed by atoms with van der Waals surface area (Å²) in [6, 6.07) is 7.81. The molecule has 3 heteroatoms. The van der Waals surface area contributed by atoms with Crippen molar-refractivity contribution < 1.29 is 14.2 Å². The van der Waals surface area contributed by atoms with Gasteiger partial charge in [-0.25, -0.2) is 0 Å². The van der Waals surface area contributed by atoms with E-state index in [-0.39, 0.29) is 0 Å². The largest absolute Gasteiger partial charge is 0.493 e. The first-order valence-electron chi connectivity index (χ1n) is 4.65. The highest BCUT2D eigenvalue weighted by atomic mass is 16.7. The Hall–Kier alpha value is -1.06. The third-order valence-corrected chi connectivity index (χ3v) is 2.65. The van der Waals surface area contributed by atoms with Gasteiger partial charge in [0.2, 0.25) is 5.79 Å². The van der Waals surface area contributed by atoms with E-state index >= 15 is 0 Å². The summed E-state index contributed by atoms with van der Waals surface area (Å²) in [5, 5.41) is 0. The van der Waals surface area contributed by atoms with Crippen molar-refractivity contribution >= 4 is 0 Å². The maximum absolute atomic E-state index is 5.52. The Morgan fingerprint density at radius 3 is 2.64 bits per heavy atom. The van der Waals surface area contributed by atoms with Crippen LogP contribution in [0.2, 0.25) is 0 Å². The zero-order valence-electron chi connectivity index (χ0n) is 8.45. The van der Waals surface area contributed by atoms with Crippen LogP contribution in [0.3, 0.4) is 0 Å². The first-order chi connectivity index (χ1) is 6.82. The second-order valence-electron chi connectivity index (χ2n) is 3.26. The molecule has 1 aliphatic rings. The molecule has 1 aliphatic heterocycles. The molecule has 14 heavy (non-hydrogen) atoms. The number of benzene rings is 1. The molecule has 0 saturated carbocycles. The number of fused-ring (bicyclic) bond motifs is 1. The Bertz CT molecular complexity index is 318. The molecule has 0 spiro atoms. The molecule has 1 aromatic carbocycles. The normalized spacial score (nSPS) is 18.4. The SMILES string of the molecule is COC1(OC)CCOc2ccccc21. The summed E-state index contributed by atoms with van der Waals surface area (Å²) in [5.41, 5.74) is 0.969. The highest BCUT2D eigenvalue weighted by Crippen LogP contribution is 2.39. The van der Waals surface area contributed by atoms with Crippen LogP contribution in [0.15, 0.2) is 24.3 Å². The molecule has 76 valence electrons. The number of hydrogen-bond donors (Lipinski definition) is 0. The van der Waals surface area contributed by atoms with Crippen molar-refractivity contribution in [1.82, 2.24) is 0 Å². The van der Waals surface area contributed by atoms with E-state index < -0.39 is 5.79 Å². The molecule has 0 N–H and O–H groups in total. The Balaban J connectivity index is 2.48. The summed E-state index contributed by atoms with van der Waals surface area (Å²) in [7, 11) is 3.32. The zero-order chi connectivity index (χ0) is 10.0. The minimum Gasteiger partial charge on any atom is -0.493 e. The van der Waals surface area contributed by atoms with Crippen molar-refractivity contribution in [1.29, 1.82) is 0 Å². The topological polar surface area (TPSA) is 27.7 Å². The van der Waals surface area contributed by atoms with Crippen molar-refractivity contribution in [2.75, 3.05) is 20.8 Å². The van der Waals surface area contributed by atoms with Crippen LogP contribution >= 0.6 is 0 Å². The van der Waals surface area contributed by atoms with E-state index in [9.17, 15) is 0 Å². The van der Waals surface area contributed by atoms with E-state index in [1.807, 2.05) is 24.3 Å². The van der Waals surface area contributed by atoms with Crippen molar-refractivity contribution in [3.8, 4) is 5.75 Å². The quantitative estimate of drug-likeness (QED) is 0.673. The van der Waals surface area contributed by atoms with Crippen molar-refractivity contribution in [2.24, 2.45) is 0 Å². The lowest BCUT2D eigenvalue weighted by Crippen LogP contribution is -2.36. The van der Waals surface area contributed by atoms with E-state index in [2.05, 4.69) is 0 Å². The molecule has 1 heterocycles. The highest BCUT2D eigenvalue weighted by Gasteiger charge is 2.37. The summed E-state index contributed by atoms with van der Waals surface area (Å²) >= 11 is 0. The van der Waals surface area contributed by atoms with E-state index in [0.29, 0.717) is 6.61 Å². The fourth-order valence-corrected chi connectivity index (χ4v) is 1.84. The van der Waals surface area contributed by atoms with Gasteiger partial charge in [-0.1, -0.05) is 12.1 Å². The Kier molecular flexibility index (Phi) is 2.44. The number of rotatable bonds is 2. The van der Waals surface area contributed by atoms with E-state index in [1.165, 1.54) is 0 Å². The third-order valence-electron chi connectivity index (χ3n) is 2.65. The monoisotopic (exact) mass is 194 g/mol. The van der Waals surface area contributed by atoms with E-state index in [1.54, 1.807) is 14.2 Å². The first-order valence-corrected chi connectivity index (χ1v) is 4.65. The average Bonchev–Trinajstić information content (AvgIpc) is 2.28. The minimum atomic E-state index is -0.630. The smallest absolute Gasteiger partial charge is 0.201 e. The molecule has 0 amide bonds.